The Kier molecular flexibility index (Phi) is 5.08. The Morgan fingerprint density at radius 3 is 2.44 bits per heavy atom. The average Bonchev–Trinajstić information content (AvgIpc) is 2.32. The number of nitrogens with zero attached hydrogens (tertiary/aromatic N) is 1. The zero-order valence-corrected chi connectivity index (χ0v) is 10.7. The summed E-state index contributed by atoms with van der Waals surface area (Å²) in [5.41, 5.74) is 3.72. The van der Waals surface area contributed by atoms with Gasteiger partial charge in [0.1, 0.15) is 5.82 Å². The SMILES string of the molecule is NNC(c1cncc(F)c1)C1CCCCCCC1. The van der Waals surface area contributed by atoms with Gasteiger partial charge < -0.3 is 0 Å². The summed E-state index contributed by atoms with van der Waals surface area (Å²) in [5, 5.41) is 0. The Morgan fingerprint density at radius 2 is 1.83 bits per heavy atom. The highest BCUT2D eigenvalue weighted by Gasteiger charge is 2.23. The van der Waals surface area contributed by atoms with Crippen LogP contribution in [-0.4, -0.2) is 4.98 Å². The molecule has 1 atom stereocenters. The molecule has 1 aliphatic rings. The summed E-state index contributed by atoms with van der Waals surface area (Å²) in [5.74, 6) is 5.87. The van der Waals surface area contributed by atoms with E-state index in [0.717, 1.165) is 18.4 Å². The lowest BCUT2D eigenvalue weighted by Crippen LogP contribution is -2.34. The zero-order valence-electron chi connectivity index (χ0n) is 10.7. The molecule has 0 radical (unpaired) electrons. The van der Waals surface area contributed by atoms with E-state index in [0.29, 0.717) is 5.92 Å². The summed E-state index contributed by atoms with van der Waals surface area (Å²) in [6.45, 7) is 0. The van der Waals surface area contributed by atoms with Crippen molar-refractivity contribution >= 4 is 0 Å². The molecule has 0 amide bonds. The van der Waals surface area contributed by atoms with Crippen LogP contribution in [0.1, 0.15) is 56.6 Å². The van der Waals surface area contributed by atoms with Crippen molar-refractivity contribution in [1.29, 1.82) is 0 Å². The predicted molar refractivity (Wildman–Crippen MR) is 70.1 cm³/mol. The first-order valence-corrected chi connectivity index (χ1v) is 6.88. The van der Waals surface area contributed by atoms with E-state index < -0.39 is 0 Å². The topological polar surface area (TPSA) is 50.9 Å². The number of pyridine rings is 1. The molecule has 1 saturated carbocycles. The van der Waals surface area contributed by atoms with Crippen molar-refractivity contribution in [1.82, 2.24) is 10.4 Å². The number of nitrogens with two attached hydrogens (primary N) is 1. The highest BCUT2D eigenvalue weighted by molar-refractivity contribution is 5.16. The molecule has 3 nitrogen and oxygen atoms in total. The molecule has 0 aromatic carbocycles. The van der Waals surface area contributed by atoms with E-state index >= 15 is 0 Å². The minimum Gasteiger partial charge on any atom is -0.271 e. The maximum atomic E-state index is 13.2. The minimum absolute atomic E-state index is 0.0197. The van der Waals surface area contributed by atoms with Crippen LogP contribution in [0.5, 0.6) is 0 Å². The third kappa shape index (κ3) is 3.50. The lowest BCUT2D eigenvalue weighted by molar-refractivity contribution is 0.289. The number of halogens is 1. The Labute approximate surface area is 108 Å². The molecule has 100 valence electrons. The Morgan fingerprint density at radius 1 is 1.17 bits per heavy atom. The fourth-order valence-corrected chi connectivity index (χ4v) is 2.92. The highest BCUT2D eigenvalue weighted by Crippen LogP contribution is 2.32. The highest BCUT2D eigenvalue weighted by atomic mass is 19.1. The van der Waals surface area contributed by atoms with E-state index in [1.165, 1.54) is 44.4 Å². The zero-order chi connectivity index (χ0) is 12.8. The summed E-state index contributed by atoms with van der Waals surface area (Å²) in [7, 11) is 0. The van der Waals surface area contributed by atoms with Crippen molar-refractivity contribution in [2.75, 3.05) is 0 Å². The second-order valence-corrected chi connectivity index (χ2v) is 5.19. The molecule has 0 bridgehead atoms. The Balaban J connectivity index is 2.10. The summed E-state index contributed by atoms with van der Waals surface area (Å²) in [4.78, 5) is 3.92. The van der Waals surface area contributed by atoms with Crippen molar-refractivity contribution in [3.05, 3.63) is 29.8 Å². The molecule has 18 heavy (non-hydrogen) atoms. The minimum atomic E-state index is -0.293. The molecule has 0 saturated heterocycles. The predicted octanol–water partition coefficient (Wildman–Crippen LogP) is 3.09. The molecule has 1 aromatic heterocycles. The molecule has 1 aliphatic carbocycles. The summed E-state index contributed by atoms with van der Waals surface area (Å²) >= 11 is 0. The van der Waals surface area contributed by atoms with Crippen molar-refractivity contribution in [3.8, 4) is 0 Å². The monoisotopic (exact) mass is 251 g/mol. The van der Waals surface area contributed by atoms with E-state index in [1.54, 1.807) is 6.20 Å². The molecule has 1 fully saturated rings. The number of aromatic nitrogens is 1. The molecule has 1 unspecified atom stereocenters. The van der Waals surface area contributed by atoms with Crippen molar-refractivity contribution < 1.29 is 4.39 Å². The molecule has 2 rings (SSSR count). The molecule has 1 aromatic rings. The number of hydrazine groups is 1. The van der Waals surface area contributed by atoms with Gasteiger partial charge in [-0.2, -0.15) is 0 Å². The van der Waals surface area contributed by atoms with Gasteiger partial charge in [0.15, 0.2) is 0 Å². The maximum absolute atomic E-state index is 13.2. The van der Waals surface area contributed by atoms with Gasteiger partial charge in [0.05, 0.1) is 12.2 Å². The Hall–Kier alpha value is -1.00. The maximum Gasteiger partial charge on any atom is 0.141 e. The van der Waals surface area contributed by atoms with Gasteiger partial charge >= 0.3 is 0 Å². The van der Waals surface area contributed by atoms with Crippen molar-refractivity contribution in [2.24, 2.45) is 11.8 Å². The van der Waals surface area contributed by atoms with Crippen LogP contribution in [0.2, 0.25) is 0 Å². The smallest absolute Gasteiger partial charge is 0.141 e. The van der Waals surface area contributed by atoms with Crippen molar-refractivity contribution in [3.63, 3.8) is 0 Å². The summed E-state index contributed by atoms with van der Waals surface area (Å²) < 4.78 is 13.2. The van der Waals surface area contributed by atoms with Gasteiger partial charge in [0.25, 0.3) is 0 Å². The first-order valence-electron chi connectivity index (χ1n) is 6.88. The molecule has 1 heterocycles. The van der Waals surface area contributed by atoms with E-state index in [-0.39, 0.29) is 11.9 Å². The first-order chi connectivity index (χ1) is 8.81. The second kappa shape index (κ2) is 6.81. The fourth-order valence-electron chi connectivity index (χ4n) is 2.92. The molecular formula is C14H22FN3. The van der Waals surface area contributed by atoms with Crippen LogP contribution < -0.4 is 11.3 Å². The molecular weight excluding hydrogens is 229 g/mol. The van der Waals surface area contributed by atoms with Crippen LogP contribution in [-0.2, 0) is 0 Å². The van der Waals surface area contributed by atoms with Gasteiger partial charge in [-0.25, -0.2) is 4.39 Å². The van der Waals surface area contributed by atoms with Gasteiger partial charge in [-0.15, -0.1) is 0 Å². The molecule has 0 spiro atoms. The molecule has 4 heteroatoms. The van der Waals surface area contributed by atoms with Crippen molar-refractivity contribution in [2.45, 2.75) is 51.0 Å². The van der Waals surface area contributed by atoms with Gasteiger partial charge in [-0.05, 0) is 30.4 Å². The van der Waals surface area contributed by atoms with Gasteiger partial charge in [0.2, 0.25) is 0 Å². The molecule has 0 aliphatic heterocycles. The van der Waals surface area contributed by atoms with Crippen LogP contribution in [0.15, 0.2) is 18.5 Å². The first kappa shape index (κ1) is 13.4. The number of nitrogens with one attached hydrogen (secondary N) is 1. The quantitative estimate of drug-likeness (QED) is 0.641. The van der Waals surface area contributed by atoms with Gasteiger partial charge in [0, 0.05) is 6.20 Å². The van der Waals surface area contributed by atoms with Crippen LogP contribution in [0.25, 0.3) is 0 Å². The van der Waals surface area contributed by atoms with Crippen LogP contribution in [0.3, 0.4) is 0 Å². The largest absolute Gasteiger partial charge is 0.271 e. The lowest BCUT2D eigenvalue weighted by Gasteiger charge is -2.28. The summed E-state index contributed by atoms with van der Waals surface area (Å²) in [6, 6.07) is 1.56. The van der Waals surface area contributed by atoms with Gasteiger partial charge in [-0.3, -0.25) is 16.3 Å². The average molecular weight is 251 g/mol. The van der Waals surface area contributed by atoms with Crippen LogP contribution in [0.4, 0.5) is 4.39 Å². The number of hydrogen-bond acceptors (Lipinski definition) is 3. The third-order valence-electron chi connectivity index (χ3n) is 3.89. The number of hydrogen-bond donors (Lipinski definition) is 2. The lowest BCUT2D eigenvalue weighted by atomic mass is 9.83. The van der Waals surface area contributed by atoms with Crippen LogP contribution in [0, 0.1) is 11.7 Å². The van der Waals surface area contributed by atoms with E-state index in [4.69, 9.17) is 5.84 Å². The normalized spacial score (nSPS) is 20.1. The van der Waals surface area contributed by atoms with Crippen LogP contribution >= 0.6 is 0 Å². The summed E-state index contributed by atoms with van der Waals surface area (Å²) in [6.07, 6.45) is 11.7. The number of rotatable bonds is 3. The second-order valence-electron chi connectivity index (χ2n) is 5.19. The third-order valence-corrected chi connectivity index (χ3v) is 3.89. The van der Waals surface area contributed by atoms with E-state index in [9.17, 15) is 4.39 Å². The van der Waals surface area contributed by atoms with E-state index in [2.05, 4.69) is 10.4 Å². The Bertz CT molecular complexity index is 362. The van der Waals surface area contributed by atoms with E-state index in [1.807, 2.05) is 0 Å². The standard InChI is InChI=1S/C14H22FN3/c15-13-8-12(9-17-10-13)14(18-16)11-6-4-2-1-3-5-7-11/h8-11,14,18H,1-7,16H2. The van der Waals surface area contributed by atoms with Gasteiger partial charge in [-0.1, -0.05) is 32.1 Å². The molecule has 3 N–H and O–H groups in total. The fraction of sp³-hybridized carbons (Fsp3) is 0.643.